The van der Waals surface area contributed by atoms with Crippen molar-refractivity contribution in [3.63, 3.8) is 0 Å². The lowest BCUT2D eigenvalue weighted by molar-refractivity contribution is 0.0886. The summed E-state index contributed by atoms with van der Waals surface area (Å²) in [5.41, 5.74) is 5.57. The van der Waals surface area contributed by atoms with Crippen LogP contribution in [0.2, 0.25) is 0 Å². The minimum absolute atomic E-state index is 0.0104. The number of hydrogen-bond donors (Lipinski definition) is 2. The van der Waals surface area contributed by atoms with Crippen molar-refractivity contribution in [1.82, 2.24) is 5.32 Å². The van der Waals surface area contributed by atoms with E-state index in [0.717, 1.165) is 52.6 Å². The summed E-state index contributed by atoms with van der Waals surface area (Å²) in [4.78, 5) is 12.9. The highest BCUT2D eigenvalue weighted by atomic mass is 16.3. The van der Waals surface area contributed by atoms with Gasteiger partial charge in [0.25, 0.3) is 5.91 Å². The van der Waals surface area contributed by atoms with Gasteiger partial charge in [0.05, 0.1) is 6.61 Å². The molecule has 1 aromatic carbocycles. The maximum absolute atomic E-state index is 12.9. The summed E-state index contributed by atoms with van der Waals surface area (Å²) in [6, 6.07) is 0. The number of nitrogens with one attached hydrogen (secondary N) is 1. The van der Waals surface area contributed by atoms with Gasteiger partial charge in [-0.15, -0.1) is 0 Å². The molecule has 0 aliphatic carbocycles. The van der Waals surface area contributed by atoms with Gasteiger partial charge in [-0.2, -0.15) is 0 Å². The van der Waals surface area contributed by atoms with Gasteiger partial charge in [-0.1, -0.05) is 20.8 Å². The molecule has 1 rings (SSSR count). The summed E-state index contributed by atoms with van der Waals surface area (Å²) in [6.45, 7) is 14.3. The molecule has 0 atom stereocenters. The van der Waals surface area contributed by atoms with Crippen LogP contribution in [0.25, 0.3) is 0 Å². The number of aliphatic hydroxyl groups is 1. The zero-order valence-electron chi connectivity index (χ0n) is 15.2. The van der Waals surface area contributed by atoms with Crippen LogP contribution >= 0.6 is 0 Å². The maximum atomic E-state index is 12.9. The lowest BCUT2D eigenvalue weighted by atomic mass is 9.86. The van der Waals surface area contributed by atoms with E-state index < -0.39 is 0 Å². The number of amides is 1. The average Bonchev–Trinajstić information content (AvgIpc) is 2.51. The Morgan fingerprint density at radius 2 is 1.32 bits per heavy atom. The zero-order valence-corrected chi connectivity index (χ0v) is 15.2. The van der Waals surface area contributed by atoms with Gasteiger partial charge >= 0.3 is 0 Å². The fourth-order valence-electron chi connectivity index (χ4n) is 3.29. The molecule has 0 saturated carbocycles. The molecular formula is C19H31NO2. The van der Waals surface area contributed by atoms with Crippen molar-refractivity contribution >= 4 is 5.91 Å². The van der Waals surface area contributed by atoms with Gasteiger partial charge in [0.15, 0.2) is 0 Å². The predicted molar refractivity (Wildman–Crippen MR) is 92.4 cm³/mol. The third kappa shape index (κ3) is 3.19. The van der Waals surface area contributed by atoms with E-state index in [2.05, 4.69) is 26.1 Å². The van der Waals surface area contributed by atoms with Crippen molar-refractivity contribution in [2.75, 3.05) is 0 Å². The van der Waals surface area contributed by atoms with Gasteiger partial charge < -0.3 is 10.4 Å². The normalized spacial score (nSPS) is 11.6. The number of rotatable bonds is 6. The SMILES string of the molecule is CCC(CC)(CC)NC(=O)c1c(C)c(C)c(CO)c(C)c1C. The molecule has 2 N–H and O–H groups in total. The molecule has 3 heteroatoms. The number of aliphatic hydroxyl groups excluding tert-OH is 1. The molecule has 0 unspecified atom stereocenters. The molecular weight excluding hydrogens is 274 g/mol. The summed E-state index contributed by atoms with van der Waals surface area (Å²) in [5, 5.41) is 12.8. The van der Waals surface area contributed by atoms with E-state index in [9.17, 15) is 9.90 Å². The Balaban J connectivity index is 3.36. The van der Waals surface area contributed by atoms with Crippen LogP contribution in [0.3, 0.4) is 0 Å². The van der Waals surface area contributed by atoms with Crippen molar-refractivity contribution < 1.29 is 9.90 Å². The van der Waals surface area contributed by atoms with E-state index in [1.165, 1.54) is 0 Å². The second kappa shape index (κ2) is 7.28. The smallest absolute Gasteiger partial charge is 0.252 e. The summed E-state index contributed by atoms with van der Waals surface area (Å²) in [6.07, 6.45) is 2.78. The number of carbonyl (C=O) groups is 1. The molecule has 22 heavy (non-hydrogen) atoms. The standard InChI is InChI=1S/C19H31NO2/c1-8-19(9-2,10-3)20-18(22)17-14(6)12(4)16(11-21)13(5)15(17)7/h21H,8-11H2,1-7H3,(H,20,22). The van der Waals surface area contributed by atoms with E-state index in [4.69, 9.17) is 0 Å². The third-order valence-electron chi connectivity index (χ3n) is 5.57. The Labute approximate surface area is 135 Å². The van der Waals surface area contributed by atoms with Crippen LogP contribution in [0, 0.1) is 27.7 Å². The van der Waals surface area contributed by atoms with Crippen LogP contribution < -0.4 is 5.32 Å². The monoisotopic (exact) mass is 305 g/mol. The highest BCUT2D eigenvalue weighted by Crippen LogP contribution is 2.28. The number of carbonyl (C=O) groups excluding carboxylic acids is 1. The Bertz CT molecular complexity index is 520. The summed E-state index contributed by atoms with van der Waals surface area (Å²) < 4.78 is 0. The van der Waals surface area contributed by atoms with E-state index in [-0.39, 0.29) is 18.1 Å². The van der Waals surface area contributed by atoms with Gasteiger partial charge in [-0.25, -0.2) is 0 Å². The van der Waals surface area contributed by atoms with Crippen LogP contribution in [-0.2, 0) is 6.61 Å². The van der Waals surface area contributed by atoms with E-state index in [0.29, 0.717) is 0 Å². The first kappa shape index (κ1) is 18.7. The molecule has 0 heterocycles. The molecule has 0 bridgehead atoms. The molecule has 0 aromatic heterocycles. The first-order valence-electron chi connectivity index (χ1n) is 8.31. The summed E-state index contributed by atoms with van der Waals surface area (Å²) in [5.74, 6) is 0.0104. The fraction of sp³-hybridized carbons (Fsp3) is 0.632. The van der Waals surface area contributed by atoms with Crippen molar-refractivity contribution in [2.45, 2.75) is 79.9 Å². The van der Waals surface area contributed by atoms with E-state index >= 15 is 0 Å². The Morgan fingerprint density at radius 3 is 1.64 bits per heavy atom. The average molecular weight is 305 g/mol. The molecule has 0 aliphatic rings. The Kier molecular flexibility index (Phi) is 6.18. The fourth-order valence-corrected chi connectivity index (χ4v) is 3.29. The van der Waals surface area contributed by atoms with E-state index in [1.54, 1.807) is 0 Å². The number of hydrogen-bond acceptors (Lipinski definition) is 2. The number of benzene rings is 1. The second-order valence-corrected chi connectivity index (χ2v) is 6.31. The maximum Gasteiger partial charge on any atom is 0.252 e. The minimum Gasteiger partial charge on any atom is -0.392 e. The highest BCUT2D eigenvalue weighted by molar-refractivity contribution is 5.98. The van der Waals surface area contributed by atoms with Gasteiger partial charge in [0.2, 0.25) is 0 Å². The van der Waals surface area contributed by atoms with Crippen LogP contribution in [-0.4, -0.2) is 16.6 Å². The summed E-state index contributed by atoms with van der Waals surface area (Å²) in [7, 11) is 0. The molecule has 0 saturated heterocycles. The van der Waals surface area contributed by atoms with Crippen molar-refractivity contribution in [3.8, 4) is 0 Å². The molecule has 1 aromatic rings. The molecule has 0 radical (unpaired) electrons. The first-order chi connectivity index (χ1) is 10.3. The molecule has 1 amide bonds. The highest BCUT2D eigenvalue weighted by Gasteiger charge is 2.28. The predicted octanol–water partition coefficient (Wildman–Crippen LogP) is 4.11. The van der Waals surface area contributed by atoms with Gasteiger partial charge in [-0.3, -0.25) is 4.79 Å². The molecule has 0 fully saturated rings. The van der Waals surface area contributed by atoms with Crippen molar-refractivity contribution in [1.29, 1.82) is 0 Å². The Hall–Kier alpha value is -1.35. The van der Waals surface area contributed by atoms with Gasteiger partial charge in [-0.05, 0) is 74.8 Å². The van der Waals surface area contributed by atoms with Gasteiger partial charge in [0.1, 0.15) is 0 Å². The van der Waals surface area contributed by atoms with Crippen LogP contribution in [0.1, 0.15) is 78.2 Å². The molecule has 3 nitrogen and oxygen atoms in total. The van der Waals surface area contributed by atoms with Crippen LogP contribution in [0.4, 0.5) is 0 Å². The zero-order chi connectivity index (χ0) is 17.1. The van der Waals surface area contributed by atoms with Crippen molar-refractivity contribution in [2.24, 2.45) is 0 Å². The first-order valence-corrected chi connectivity index (χ1v) is 8.31. The van der Waals surface area contributed by atoms with E-state index in [1.807, 2.05) is 27.7 Å². The minimum atomic E-state index is -0.132. The molecule has 124 valence electrons. The van der Waals surface area contributed by atoms with Crippen LogP contribution in [0.5, 0.6) is 0 Å². The van der Waals surface area contributed by atoms with Crippen LogP contribution in [0.15, 0.2) is 0 Å². The summed E-state index contributed by atoms with van der Waals surface area (Å²) >= 11 is 0. The molecule has 0 spiro atoms. The topological polar surface area (TPSA) is 49.3 Å². The third-order valence-corrected chi connectivity index (χ3v) is 5.57. The molecule has 0 aliphatic heterocycles. The largest absolute Gasteiger partial charge is 0.392 e. The van der Waals surface area contributed by atoms with Crippen molar-refractivity contribution in [3.05, 3.63) is 33.4 Å². The lowest BCUT2D eigenvalue weighted by Gasteiger charge is -2.32. The Morgan fingerprint density at radius 1 is 0.909 bits per heavy atom. The second-order valence-electron chi connectivity index (χ2n) is 6.31. The lowest BCUT2D eigenvalue weighted by Crippen LogP contribution is -2.47. The van der Waals surface area contributed by atoms with Gasteiger partial charge in [0, 0.05) is 11.1 Å². The quantitative estimate of drug-likeness (QED) is 0.831.